The Morgan fingerprint density at radius 2 is 1.28 bits per heavy atom. The third-order valence-electron chi connectivity index (χ3n) is 5.58. The number of rotatable bonds is 5. The third kappa shape index (κ3) is 6.26. The number of nitrogen functional groups attached to an aromatic ring is 2. The average Bonchev–Trinajstić information content (AvgIpc) is 2.82. The van der Waals surface area contributed by atoms with Gasteiger partial charge in [-0.2, -0.15) is 0 Å². The molecule has 0 bridgehead atoms. The molecule has 0 saturated carbocycles. The Kier molecular flexibility index (Phi) is 8.06. The molecule has 36 heavy (non-hydrogen) atoms. The van der Waals surface area contributed by atoms with E-state index in [9.17, 15) is 10.1 Å². The summed E-state index contributed by atoms with van der Waals surface area (Å²) in [5.74, 6) is 2.12. The van der Waals surface area contributed by atoms with E-state index in [4.69, 9.17) is 20.9 Å². The predicted octanol–water partition coefficient (Wildman–Crippen LogP) is 6.36. The second-order valence-electron chi connectivity index (χ2n) is 8.28. The van der Waals surface area contributed by atoms with Crippen LogP contribution < -0.4 is 20.9 Å². The van der Waals surface area contributed by atoms with E-state index in [0.29, 0.717) is 28.6 Å². The summed E-state index contributed by atoms with van der Waals surface area (Å²) in [5, 5.41) is 11.0. The van der Waals surface area contributed by atoms with E-state index in [1.54, 1.807) is 37.4 Å². The Morgan fingerprint density at radius 1 is 0.722 bits per heavy atom. The van der Waals surface area contributed by atoms with Crippen LogP contribution >= 0.6 is 0 Å². The van der Waals surface area contributed by atoms with Crippen LogP contribution in [0.2, 0.25) is 0 Å². The van der Waals surface area contributed by atoms with Crippen LogP contribution in [0.15, 0.2) is 60.9 Å². The van der Waals surface area contributed by atoms with Crippen molar-refractivity contribution in [3.63, 3.8) is 0 Å². The van der Waals surface area contributed by atoms with Crippen LogP contribution in [0, 0.1) is 44.7 Å². The number of nitro groups is 1. The minimum atomic E-state index is -0.498. The molecule has 0 aliphatic heterocycles. The first kappa shape index (κ1) is 26.0. The molecule has 0 spiro atoms. The summed E-state index contributed by atoms with van der Waals surface area (Å²) in [4.78, 5) is 18.5. The molecule has 9 nitrogen and oxygen atoms in total. The van der Waals surface area contributed by atoms with Crippen molar-refractivity contribution in [1.82, 2.24) is 9.97 Å². The zero-order chi connectivity index (χ0) is 26.4. The van der Waals surface area contributed by atoms with Crippen LogP contribution in [-0.2, 0) is 0 Å². The van der Waals surface area contributed by atoms with Gasteiger partial charge in [0.1, 0.15) is 17.2 Å². The van der Waals surface area contributed by atoms with Gasteiger partial charge in [-0.1, -0.05) is 6.07 Å². The minimum Gasteiger partial charge on any atom is -0.455 e. The van der Waals surface area contributed by atoms with E-state index in [1.807, 2.05) is 32.0 Å². The van der Waals surface area contributed by atoms with Crippen molar-refractivity contribution in [3.8, 4) is 23.0 Å². The molecule has 0 aliphatic carbocycles. The molecule has 2 aromatic heterocycles. The molecular weight excluding hydrogens is 458 g/mol. The van der Waals surface area contributed by atoms with Gasteiger partial charge in [0.15, 0.2) is 5.75 Å². The topological polar surface area (TPSA) is 139 Å². The number of aromatic nitrogens is 2. The number of benzene rings is 2. The van der Waals surface area contributed by atoms with Crippen molar-refractivity contribution in [2.24, 2.45) is 0 Å². The first-order chi connectivity index (χ1) is 17.1. The monoisotopic (exact) mass is 487 g/mol. The maximum absolute atomic E-state index is 11.0. The van der Waals surface area contributed by atoms with Crippen molar-refractivity contribution in [1.29, 1.82) is 0 Å². The molecular formula is C27H29N5O4. The maximum Gasteiger partial charge on any atom is 0.332 e. The predicted molar refractivity (Wildman–Crippen MR) is 141 cm³/mol. The number of pyridine rings is 2. The lowest BCUT2D eigenvalue weighted by molar-refractivity contribution is -0.386. The highest BCUT2D eigenvalue weighted by atomic mass is 16.6. The molecule has 0 saturated heterocycles. The minimum absolute atomic E-state index is 0.128. The zero-order valence-electron chi connectivity index (χ0n) is 20.9. The molecule has 0 atom stereocenters. The Bertz CT molecular complexity index is 1410. The molecule has 4 aromatic rings. The van der Waals surface area contributed by atoms with E-state index in [1.165, 1.54) is 23.4 Å². The van der Waals surface area contributed by atoms with Gasteiger partial charge >= 0.3 is 5.69 Å². The fourth-order valence-corrected chi connectivity index (χ4v) is 3.23. The largest absolute Gasteiger partial charge is 0.455 e. The van der Waals surface area contributed by atoms with Gasteiger partial charge in [-0.05, 0) is 81.6 Å². The molecule has 0 aliphatic rings. The molecule has 2 heterocycles. The van der Waals surface area contributed by atoms with Gasteiger partial charge < -0.3 is 20.9 Å². The lowest BCUT2D eigenvalue weighted by atomic mass is 10.1. The van der Waals surface area contributed by atoms with Gasteiger partial charge in [-0.3, -0.25) is 20.1 Å². The summed E-state index contributed by atoms with van der Waals surface area (Å²) in [5.41, 5.74) is 17.1. The number of nitrogens with two attached hydrogens (primary N) is 2. The molecule has 0 amide bonds. The molecule has 4 rings (SSSR count). The lowest BCUT2D eigenvalue weighted by Gasteiger charge is -2.10. The summed E-state index contributed by atoms with van der Waals surface area (Å²) in [6, 6.07) is 14.3. The normalized spacial score (nSPS) is 10.2. The van der Waals surface area contributed by atoms with Gasteiger partial charge in [0, 0.05) is 30.2 Å². The maximum atomic E-state index is 11.0. The molecule has 186 valence electrons. The Balaban J connectivity index is 0.000000202. The number of anilines is 2. The first-order valence-corrected chi connectivity index (χ1v) is 11.2. The van der Waals surface area contributed by atoms with Gasteiger partial charge in [0.05, 0.1) is 16.3 Å². The van der Waals surface area contributed by atoms with Gasteiger partial charge in [0.2, 0.25) is 5.75 Å². The number of aryl methyl sites for hydroxylation is 5. The zero-order valence-corrected chi connectivity index (χ0v) is 20.9. The summed E-state index contributed by atoms with van der Waals surface area (Å²) in [6.45, 7) is 9.41. The van der Waals surface area contributed by atoms with Crippen LogP contribution in [0.1, 0.15) is 28.1 Å². The van der Waals surface area contributed by atoms with Crippen molar-refractivity contribution >= 4 is 17.1 Å². The standard InChI is InChI=1S/C14H16N2O.C13H13N3O3/c1-9-4-5-12(8-10(9)2)17-13-6-7-16-11(3)14(13)15;1-8-7-10(3-4-11(8)14)19-12-5-6-15-9(2)13(12)16(17)18/h4-8H,15H2,1-3H3;3-7H,14H2,1-2H3. The quantitative estimate of drug-likeness (QED) is 0.188. The van der Waals surface area contributed by atoms with Gasteiger partial charge in [-0.15, -0.1) is 0 Å². The van der Waals surface area contributed by atoms with Gasteiger partial charge in [0.25, 0.3) is 0 Å². The molecule has 0 fully saturated rings. The summed E-state index contributed by atoms with van der Waals surface area (Å²) >= 11 is 0. The van der Waals surface area contributed by atoms with Crippen LogP contribution in [-0.4, -0.2) is 14.9 Å². The number of hydrogen-bond donors (Lipinski definition) is 2. The van der Waals surface area contributed by atoms with Crippen LogP contribution in [0.5, 0.6) is 23.0 Å². The fourth-order valence-electron chi connectivity index (χ4n) is 3.23. The van der Waals surface area contributed by atoms with Crippen LogP contribution in [0.3, 0.4) is 0 Å². The highest BCUT2D eigenvalue weighted by Gasteiger charge is 2.20. The lowest BCUT2D eigenvalue weighted by Crippen LogP contribution is -1.98. The van der Waals surface area contributed by atoms with Crippen LogP contribution in [0.4, 0.5) is 17.1 Å². The smallest absolute Gasteiger partial charge is 0.332 e. The molecule has 0 unspecified atom stereocenters. The number of nitrogens with zero attached hydrogens (tertiary/aromatic N) is 3. The van der Waals surface area contributed by atoms with Crippen LogP contribution in [0.25, 0.3) is 0 Å². The van der Waals surface area contributed by atoms with Gasteiger partial charge in [-0.25, -0.2) is 0 Å². The van der Waals surface area contributed by atoms with E-state index < -0.39 is 4.92 Å². The molecule has 9 heteroatoms. The molecule has 4 N–H and O–H groups in total. The van der Waals surface area contributed by atoms with E-state index in [-0.39, 0.29) is 11.4 Å². The van der Waals surface area contributed by atoms with E-state index in [0.717, 1.165) is 17.0 Å². The number of ether oxygens (including phenoxy) is 2. The number of hydrogen-bond acceptors (Lipinski definition) is 8. The van der Waals surface area contributed by atoms with E-state index >= 15 is 0 Å². The second-order valence-corrected chi connectivity index (χ2v) is 8.28. The summed E-state index contributed by atoms with van der Waals surface area (Å²) in [6.07, 6.45) is 3.17. The Labute approximate surface area is 209 Å². The molecule has 2 aromatic carbocycles. The highest BCUT2D eigenvalue weighted by Crippen LogP contribution is 2.33. The molecule has 0 radical (unpaired) electrons. The average molecular weight is 488 g/mol. The summed E-state index contributed by atoms with van der Waals surface area (Å²) in [7, 11) is 0. The van der Waals surface area contributed by atoms with E-state index in [2.05, 4.69) is 23.8 Å². The van der Waals surface area contributed by atoms with Crippen molar-refractivity contribution < 1.29 is 14.4 Å². The fraction of sp³-hybridized carbons (Fsp3) is 0.185. The van der Waals surface area contributed by atoms with Crippen molar-refractivity contribution in [2.45, 2.75) is 34.6 Å². The third-order valence-corrected chi connectivity index (χ3v) is 5.58. The van der Waals surface area contributed by atoms with Crippen molar-refractivity contribution in [2.75, 3.05) is 11.5 Å². The first-order valence-electron chi connectivity index (χ1n) is 11.2. The second kappa shape index (κ2) is 11.2. The highest BCUT2D eigenvalue weighted by molar-refractivity contribution is 5.56. The Hall–Kier alpha value is -4.66. The SMILES string of the molecule is Cc1cc(Oc2ccnc(C)c2[N+](=O)[O-])ccc1N.Cc1ccc(Oc2ccnc(C)c2N)cc1C. The Morgan fingerprint density at radius 3 is 1.89 bits per heavy atom. The summed E-state index contributed by atoms with van der Waals surface area (Å²) < 4.78 is 11.3. The van der Waals surface area contributed by atoms with Crippen molar-refractivity contribution in [3.05, 3.63) is 99.1 Å².